The van der Waals surface area contributed by atoms with Crippen molar-refractivity contribution in [1.29, 1.82) is 0 Å². The van der Waals surface area contributed by atoms with Crippen LogP contribution in [0.2, 0.25) is 0 Å². The molecule has 28 heavy (non-hydrogen) atoms. The van der Waals surface area contributed by atoms with Crippen LogP contribution in [0.4, 0.5) is 0 Å². The number of fused-ring (bicyclic) bond motifs is 1. The van der Waals surface area contributed by atoms with E-state index in [-0.39, 0.29) is 6.42 Å². The van der Waals surface area contributed by atoms with Crippen molar-refractivity contribution in [3.05, 3.63) is 60.2 Å². The number of allylic oxidation sites excluding steroid dienone is 1. The SMILES string of the molecule is CCOC(C)=Cc1oc2ccc(-c3ccccc3)cc2[n+]1CCCS(=O)(=O)[O-]. The Morgan fingerprint density at radius 3 is 2.61 bits per heavy atom. The van der Waals surface area contributed by atoms with Gasteiger partial charge in [-0.15, -0.1) is 0 Å². The van der Waals surface area contributed by atoms with Crippen LogP contribution in [0, 0.1) is 0 Å². The van der Waals surface area contributed by atoms with Gasteiger partial charge in [0.05, 0.1) is 22.8 Å². The van der Waals surface area contributed by atoms with Crippen LogP contribution in [0.25, 0.3) is 28.3 Å². The van der Waals surface area contributed by atoms with Gasteiger partial charge < -0.3 is 13.7 Å². The molecule has 0 aliphatic heterocycles. The van der Waals surface area contributed by atoms with Crippen molar-refractivity contribution >= 4 is 27.3 Å². The van der Waals surface area contributed by atoms with E-state index in [0.717, 1.165) is 16.6 Å². The van der Waals surface area contributed by atoms with E-state index in [1.54, 1.807) is 6.08 Å². The summed E-state index contributed by atoms with van der Waals surface area (Å²) in [6, 6.07) is 15.8. The maximum Gasteiger partial charge on any atom is 0.377 e. The number of oxazole rings is 1. The van der Waals surface area contributed by atoms with Gasteiger partial charge in [0.15, 0.2) is 6.54 Å². The highest BCUT2D eigenvalue weighted by Crippen LogP contribution is 2.24. The van der Waals surface area contributed by atoms with E-state index in [1.807, 2.05) is 66.9 Å². The lowest BCUT2D eigenvalue weighted by Gasteiger charge is -2.04. The van der Waals surface area contributed by atoms with Gasteiger partial charge in [0.1, 0.15) is 5.76 Å². The van der Waals surface area contributed by atoms with Crippen molar-refractivity contribution in [3.8, 4) is 11.1 Å². The molecular weight excluding hydrogens is 378 g/mol. The molecule has 0 atom stereocenters. The number of aryl methyl sites for hydroxylation is 1. The molecule has 0 spiro atoms. The summed E-state index contributed by atoms with van der Waals surface area (Å²) in [4.78, 5) is 0. The summed E-state index contributed by atoms with van der Waals surface area (Å²) in [6.45, 7) is 4.61. The smallest absolute Gasteiger partial charge is 0.377 e. The van der Waals surface area contributed by atoms with Crippen LogP contribution >= 0.6 is 0 Å². The van der Waals surface area contributed by atoms with Gasteiger partial charge in [-0.2, -0.15) is 4.57 Å². The second kappa shape index (κ2) is 8.58. The van der Waals surface area contributed by atoms with Crippen LogP contribution in [0.3, 0.4) is 0 Å². The van der Waals surface area contributed by atoms with Gasteiger partial charge in [-0.25, -0.2) is 8.42 Å². The van der Waals surface area contributed by atoms with Gasteiger partial charge >= 0.3 is 5.89 Å². The number of hydrogen-bond donors (Lipinski definition) is 0. The molecule has 3 rings (SSSR count). The molecular formula is C21H23NO5S. The lowest BCUT2D eigenvalue weighted by atomic mass is 10.1. The summed E-state index contributed by atoms with van der Waals surface area (Å²) in [6.07, 6.45) is 1.98. The molecule has 6 nitrogen and oxygen atoms in total. The second-order valence-corrected chi connectivity index (χ2v) is 7.97. The van der Waals surface area contributed by atoms with E-state index in [2.05, 4.69) is 0 Å². The molecule has 0 saturated carbocycles. The molecule has 0 unspecified atom stereocenters. The molecule has 0 bridgehead atoms. The molecule has 0 aliphatic rings. The molecule has 0 aliphatic carbocycles. The summed E-state index contributed by atoms with van der Waals surface area (Å²) in [5.41, 5.74) is 3.61. The molecule has 7 heteroatoms. The Hall–Kier alpha value is -2.64. The maximum absolute atomic E-state index is 11.0. The Bertz CT molecular complexity index is 1080. The second-order valence-electron chi connectivity index (χ2n) is 6.44. The Morgan fingerprint density at radius 1 is 1.18 bits per heavy atom. The van der Waals surface area contributed by atoms with E-state index >= 15 is 0 Å². The van der Waals surface area contributed by atoms with Crippen molar-refractivity contribution in [2.75, 3.05) is 12.4 Å². The zero-order valence-electron chi connectivity index (χ0n) is 15.9. The Kier molecular flexibility index (Phi) is 6.16. The third-order valence-corrected chi connectivity index (χ3v) is 5.10. The molecule has 0 fully saturated rings. The lowest BCUT2D eigenvalue weighted by Crippen LogP contribution is -2.36. The van der Waals surface area contributed by atoms with Gasteiger partial charge in [0, 0.05) is 18.2 Å². The fraction of sp³-hybridized carbons (Fsp3) is 0.286. The first kappa shape index (κ1) is 20.1. The van der Waals surface area contributed by atoms with Crippen molar-refractivity contribution in [2.24, 2.45) is 0 Å². The van der Waals surface area contributed by atoms with Crippen LogP contribution in [-0.4, -0.2) is 25.3 Å². The van der Waals surface area contributed by atoms with Gasteiger partial charge in [0.2, 0.25) is 5.58 Å². The third kappa shape index (κ3) is 4.99. The van der Waals surface area contributed by atoms with Crippen LogP contribution in [0.5, 0.6) is 0 Å². The number of nitrogens with zero attached hydrogens (tertiary/aromatic N) is 1. The van der Waals surface area contributed by atoms with Crippen molar-refractivity contribution in [3.63, 3.8) is 0 Å². The minimum absolute atomic E-state index is 0.204. The first-order valence-electron chi connectivity index (χ1n) is 9.14. The monoisotopic (exact) mass is 401 g/mol. The quantitative estimate of drug-likeness (QED) is 0.326. The molecule has 1 heterocycles. The molecule has 2 aromatic carbocycles. The molecule has 0 saturated heterocycles. The maximum atomic E-state index is 11.0. The fourth-order valence-electron chi connectivity index (χ4n) is 3.09. The number of ether oxygens (including phenoxy) is 1. The zero-order valence-corrected chi connectivity index (χ0v) is 16.7. The van der Waals surface area contributed by atoms with Crippen LogP contribution in [0.15, 0.2) is 58.7 Å². The molecule has 0 N–H and O–H groups in total. The van der Waals surface area contributed by atoms with E-state index in [9.17, 15) is 13.0 Å². The Labute approximate surface area is 164 Å². The highest BCUT2D eigenvalue weighted by Gasteiger charge is 2.22. The van der Waals surface area contributed by atoms with Crippen molar-refractivity contribution in [1.82, 2.24) is 0 Å². The predicted octanol–water partition coefficient (Wildman–Crippen LogP) is 3.72. The summed E-state index contributed by atoms with van der Waals surface area (Å²) in [5.74, 6) is 0.822. The lowest BCUT2D eigenvalue weighted by molar-refractivity contribution is -0.677. The van der Waals surface area contributed by atoms with Crippen LogP contribution in [-0.2, 0) is 21.4 Å². The minimum Gasteiger partial charge on any atom is -0.748 e. The normalized spacial score (nSPS) is 12.5. The summed E-state index contributed by atoms with van der Waals surface area (Å²) in [7, 11) is -4.26. The van der Waals surface area contributed by atoms with Gasteiger partial charge in [-0.3, -0.25) is 0 Å². The van der Waals surface area contributed by atoms with Gasteiger partial charge in [-0.05, 0) is 31.0 Å². The summed E-state index contributed by atoms with van der Waals surface area (Å²) in [5, 5.41) is 0. The number of rotatable bonds is 8. The molecule has 1 aromatic heterocycles. The van der Waals surface area contributed by atoms with Crippen LogP contribution < -0.4 is 4.57 Å². The van der Waals surface area contributed by atoms with E-state index in [0.29, 0.717) is 30.4 Å². The first-order valence-corrected chi connectivity index (χ1v) is 10.7. The van der Waals surface area contributed by atoms with Crippen molar-refractivity contribution in [2.45, 2.75) is 26.8 Å². The van der Waals surface area contributed by atoms with Crippen molar-refractivity contribution < 1.29 is 26.7 Å². The topological polar surface area (TPSA) is 83.5 Å². The fourth-order valence-corrected chi connectivity index (χ4v) is 3.57. The zero-order chi connectivity index (χ0) is 20.1. The predicted molar refractivity (Wildman–Crippen MR) is 106 cm³/mol. The molecule has 3 aromatic rings. The van der Waals surface area contributed by atoms with Gasteiger partial charge in [0.25, 0.3) is 5.52 Å². The van der Waals surface area contributed by atoms with Gasteiger partial charge in [-0.1, -0.05) is 36.4 Å². The highest BCUT2D eigenvalue weighted by atomic mass is 32.2. The van der Waals surface area contributed by atoms with E-state index < -0.39 is 15.9 Å². The standard InChI is InChI=1S/C21H23NO5S/c1-3-26-16(2)14-21-22(12-7-13-28(23,24)25)19-15-18(10-11-20(19)27-21)17-8-5-4-6-9-17/h4-6,8-11,14-15H,3,7,12-13H2,1-2H3. The summed E-state index contributed by atoms with van der Waals surface area (Å²) >= 11 is 0. The number of hydrogen-bond acceptors (Lipinski definition) is 5. The number of benzene rings is 2. The highest BCUT2D eigenvalue weighted by molar-refractivity contribution is 7.85. The largest absolute Gasteiger partial charge is 0.748 e. The summed E-state index contributed by atoms with van der Waals surface area (Å²) < 4.78 is 46.3. The number of aromatic nitrogens is 1. The third-order valence-electron chi connectivity index (χ3n) is 4.31. The molecule has 0 radical (unpaired) electrons. The minimum atomic E-state index is -4.26. The average Bonchev–Trinajstić information content (AvgIpc) is 2.98. The van der Waals surface area contributed by atoms with E-state index in [4.69, 9.17) is 9.15 Å². The van der Waals surface area contributed by atoms with Crippen LogP contribution in [0.1, 0.15) is 26.2 Å². The molecule has 148 valence electrons. The molecule has 0 amide bonds. The van der Waals surface area contributed by atoms with E-state index in [1.165, 1.54) is 0 Å². The Balaban J connectivity index is 2.05. The first-order chi connectivity index (χ1) is 13.4. The Morgan fingerprint density at radius 2 is 1.93 bits per heavy atom. The average molecular weight is 401 g/mol.